The van der Waals surface area contributed by atoms with Crippen LogP contribution in [0.1, 0.15) is 40.0 Å². The Hall–Kier alpha value is -3.23. The zero-order chi connectivity index (χ0) is 27.4. The van der Waals surface area contributed by atoms with Gasteiger partial charge in [-0.1, -0.05) is 57.2 Å². The van der Waals surface area contributed by atoms with Crippen LogP contribution in [0.4, 0.5) is 5.69 Å². The molecule has 0 aromatic heterocycles. The molecule has 1 spiro atoms. The third-order valence-electron chi connectivity index (χ3n) is 9.06. The van der Waals surface area contributed by atoms with Gasteiger partial charge in [0.15, 0.2) is 0 Å². The number of hydrogen-bond donors (Lipinski definition) is 2. The van der Waals surface area contributed by atoms with E-state index in [1.54, 1.807) is 11.0 Å². The van der Waals surface area contributed by atoms with Gasteiger partial charge in [-0.15, -0.1) is 6.58 Å². The Kier molecular flexibility index (Phi) is 6.60. The molecule has 2 unspecified atom stereocenters. The number of ether oxygens (including phenoxy) is 1. The van der Waals surface area contributed by atoms with E-state index in [-0.39, 0.29) is 25.0 Å². The fourth-order valence-corrected chi connectivity index (χ4v) is 7.23. The Morgan fingerprint density at radius 1 is 1.21 bits per heavy atom. The quantitative estimate of drug-likeness (QED) is 0.489. The van der Waals surface area contributed by atoms with Crippen molar-refractivity contribution in [2.24, 2.45) is 17.8 Å². The fourth-order valence-electron chi connectivity index (χ4n) is 7.23. The van der Waals surface area contributed by atoms with Crippen molar-refractivity contribution in [3.05, 3.63) is 55.1 Å². The summed E-state index contributed by atoms with van der Waals surface area (Å²) in [6.45, 7) is 9.35. The summed E-state index contributed by atoms with van der Waals surface area (Å²) < 4.78 is 6.64. The number of nitrogens with zero attached hydrogens (tertiary/aromatic N) is 2. The van der Waals surface area contributed by atoms with Gasteiger partial charge in [-0.25, -0.2) is 0 Å². The lowest BCUT2D eigenvalue weighted by Crippen LogP contribution is -2.60. The third-order valence-corrected chi connectivity index (χ3v) is 9.06. The lowest BCUT2D eigenvalue weighted by atomic mass is 9.65. The molecule has 3 saturated heterocycles. The first-order chi connectivity index (χ1) is 18.2. The zero-order valence-corrected chi connectivity index (χ0v) is 22.2. The number of carboxylic acid groups (broad SMARTS) is 1. The highest BCUT2D eigenvalue weighted by Crippen LogP contribution is 2.64. The van der Waals surface area contributed by atoms with Crippen LogP contribution in [0.15, 0.2) is 55.1 Å². The van der Waals surface area contributed by atoms with E-state index in [2.05, 4.69) is 6.58 Å². The maximum absolute atomic E-state index is 14.6. The predicted octanol–water partition coefficient (Wildman–Crippen LogP) is 3.62. The summed E-state index contributed by atoms with van der Waals surface area (Å²) in [5, 5.41) is 22.6. The Balaban J connectivity index is 1.66. The summed E-state index contributed by atoms with van der Waals surface area (Å²) in [6, 6.07) is 11.9. The van der Waals surface area contributed by atoms with Crippen LogP contribution in [0.2, 0.25) is 0 Å². The highest BCUT2D eigenvalue weighted by atomic mass is 16.5. The molecule has 3 aliphatic heterocycles. The number of likely N-dealkylation sites (tertiary alicyclic amines) is 1. The van der Waals surface area contributed by atoms with Crippen molar-refractivity contribution in [2.75, 3.05) is 18.1 Å². The monoisotopic (exact) mass is 520 g/mol. The molecule has 6 atom stereocenters. The van der Waals surface area contributed by atoms with Crippen LogP contribution >= 0.6 is 0 Å². The molecule has 38 heavy (non-hydrogen) atoms. The number of carboxylic acids is 1. The molecule has 2 amide bonds. The maximum atomic E-state index is 14.6. The van der Waals surface area contributed by atoms with Gasteiger partial charge in [-0.05, 0) is 48.1 Å². The number of carbonyl (C=O) groups is 3. The number of carbonyl (C=O) groups excluding carboxylic acids is 2. The second kappa shape index (κ2) is 9.50. The van der Waals surface area contributed by atoms with Crippen LogP contribution in [0, 0.1) is 17.8 Å². The second-order valence-corrected chi connectivity index (χ2v) is 11.2. The van der Waals surface area contributed by atoms with Gasteiger partial charge < -0.3 is 24.7 Å². The molecule has 0 aliphatic carbocycles. The van der Waals surface area contributed by atoms with E-state index < -0.39 is 47.0 Å². The number of rotatable bonds is 9. The van der Waals surface area contributed by atoms with E-state index in [0.717, 1.165) is 10.8 Å². The Morgan fingerprint density at radius 2 is 1.92 bits per heavy atom. The SMILES string of the molecule is C=CCN(C(=O)C1N([C@@H](CO)C(C)C)C(=O)[C@@H]2[C@@H](C(=O)O)[C@@]3(CC)CCC12O3)c1ccc2ccccc2c1. The zero-order valence-electron chi connectivity index (χ0n) is 22.2. The Bertz CT molecular complexity index is 1290. The molecule has 5 rings (SSSR count). The molecule has 202 valence electrons. The van der Waals surface area contributed by atoms with Crippen molar-refractivity contribution in [1.82, 2.24) is 4.90 Å². The van der Waals surface area contributed by atoms with Crippen LogP contribution in [-0.2, 0) is 19.1 Å². The average molecular weight is 521 g/mol. The molecule has 2 aromatic carbocycles. The van der Waals surface area contributed by atoms with Crippen LogP contribution in [0.3, 0.4) is 0 Å². The van der Waals surface area contributed by atoms with Gasteiger partial charge >= 0.3 is 5.97 Å². The molecule has 3 aliphatic rings. The molecular formula is C30H36N2O6. The van der Waals surface area contributed by atoms with E-state index >= 15 is 0 Å². The first kappa shape index (κ1) is 26.4. The molecule has 3 heterocycles. The van der Waals surface area contributed by atoms with Gasteiger partial charge in [0.05, 0.1) is 24.2 Å². The number of aliphatic hydroxyl groups excluding tert-OH is 1. The second-order valence-electron chi connectivity index (χ2n) is 11.2. The molecule has 2 N–H and O–H groups in total. The minimum absolute atomic E-state index is 0.163. The van der Waals surface area contributed by atoms with Gasteiger partial charge in [0.25, 0.3) is 5.91 Å². The Morgan fingerprint density at radius 3 is 2.53 bits per heavy atom. The normalized spacial score (nSPS) is 30.6. The van der Waals surface area contributed by atoms with Crippen molar-refractivity contribution in [3.63, 3.8) is 0 Å². The number of benzene rings is 2. The number of aliphatic hydroxyl groups is 1. The van der Waals surface area contributed by atoms with Crippen LogP contribution in [0.5, 0.6) is 0 Å². The predicted molar refractivity (Wildman–Crippen MR) is 144 cm³/mol. The standard InChI is InChI=1S/C30H36N2O6/c1-5-15-31(21-12-11-19-9-7-8-10-20(19)16-21)27(35)25-30-14-13-29(6-2,38-30)24(28(36)37)23(30)26(34)32(25)22(17-33)18(3)4/h5,7-12,16,18,22-25,33H,1,6,13-15,17H2,2-4H3,(H,36,37)/t22-,23-,24-,25?,29+,30?/m0/s1. The van der Waals surface area contributed by atoms with Crippen LogP contribution in [-0.4, -0.2) is 69.3 Å². The first-order valence-corrected chi connectivity index (χ1v) is 13.4. The highest BCUT2D eigenvalue weighted by Gasteiger charge is 2.79. The fraction of sp³-hybridized carbons (Fsp3) is 0.500. The minimum atomic E-state index is -1.27. The van der Waals surface area contributed by atoms with Crippen LogP contribution < -0.4 is 4.90 Å². The summed E-state index contributed by atoms with van der Waals surface area (Å²) in [4.78, 5) is 44.4. The van der Waals surface area contributed by atoms with Crippen molar-refractivity contribution >= 4 is 34.2 Å². The number of fused-ring (bicyclic) bond motifs is 2. The van der Waals surface area contributed by atoms with Crippen molar-refractivity contribution in [3.8, 4) is 0 Å². The van der Waals surface area contributed by atoms with E-state index in [0.29, 0.717) is 24.9 Å². The number of hydrogen-bond acceptors (Lipinski definition) is 5. The summed E-state index contributed by atoms with van der Waals surface area (Å²) >= 11 is 0. The molecule has 3 fully saturated rings. The highest BCUT2D eigenvalue weighted by molar-refractivity contribution is 6.05. The number of amides is 2. The number of anilines is 1. The summed E-state index contributed by atoms with van der Waals surface area (Å²) in [7, 11) is 0. The van der Waals surface area contributed by atoms with E-state index in [4.69, 9.17) is 4.74 Å². The summed E-state index contributed by atoms with van der Waals surface area (Å²) in [5.74, 6) is -4.05. The molecule has 2 bridgehead atoms. The smallest absolute Gasteiger partial charge is 0.310 e. The lowest BCUT2D eigenvalue weighted by molar-refractivity contribution is -0.158. The maximum Gasteiger partial charge on any atom is 0.310 e. The van der Waals surface area contributed by atoms with Gasteiger partial charge in [0.1, 0.15) is 17.6 Å². The van der Waals surface area contributed by atoms with Crippen LogP contribution in [0.25, 0.3) is 10.8 Å². The molecule has 0 radical (unpaired) electrons. The van der Waals surface area contributed by atoms with E-state index in [9.17, 15) is 24.6 Å². The van der Waals surface area contributed by atoms with E-state index in [1.165, 1.54) is 4.90 Å². The first-order valence-electron chi connectivity index (χ1n) is 13.4. The Labute approximate surface area is 222 Å². The molecule has 8 heteroatoms. The lowest BCUT2D eigenvalue weighted by Gasteiger charge is -2.40. The van der Waals surface area contributed by atoms with E-state index in [1.807, 2.05) is 63.2 Å². The average Bonchev–Trinajstić information content (AvgIpc) is 3.51. The largest absolute Gasteiger partial charge is 0.481 e. The summed E-state index contributed by atoms with van der Waals surface area (Å²) in [5.41, 5.74) is -1.61. The van der Waals surface area contributed by atoms with Crippen molar-refractivity contribution in [2.45, 2.75) is 63.3 Å². The van der Waals surface area contributed by atoms with Gasteiger partial charge in [0, 0.05) is 12.2 Å². The molecular weight excluding hydrogens is 484 g/mol. The molecule has 8 nitrogen and oxygen atoms in total. The third kappa shape index (κ3) is 3.61. The van der Waals surface area contributed by atoms with Crippen molar-refractivity contribution < 1.29 is 29.3 Å². The molecule has 0 saturated carbocycles. The minimum Gasteiger partial charge on any atom is -0.481 e. The van der Waals surface area contributed by atoms with Gasteiger partial charge in [0.2, 0.25) is 5.91 Å². The van der Waals surface area contributed by atoms with Gasteiger partial charge in [-0.3, -0.25) is 14.4 Å². The molecule has 2 aromatic rings. The van der Waals surface area contributed by atoms with Crippen molar-refractivity contribution in [1.29, 1.82) is 0 Å². The topological polar surface area (TPSA) is 107 Å². The number of aliphatic carboxylic acids is 1. The van der Waals surface area contributed by atoms with Gasteiger partial charge in [-0.2, -0.15) is 0 Å². The summed E-state index contributed by atoms with van der Waals surface area (Å²) in [6.07, 6.45) is 2.94.